The number of carboxylic acids is 1. The molecule has 2 aromatic rings. The van der Waals surface area contributed by atoms with Crippen molar-refractivity contribution in [2.24, 2.45) is 0 Å². The van der Waals surface area contributed by atoms with E-state index in [4.69, 9.17) is 10.4 Å². The molecule has 1 heterocycles. The third-order valence-corrected chi connectivity index (χ3v) is 3.42. The molecule has 104 valence electrons. The highest BCUT2D eigenvalue weighted by molar-refractivity contribution is 7.10. The SMILES string of the molecule is N#CC(=Cc1cccs1)C(=O)Nc1ccccc1C(=O)O. The van der Waals surface area contributed by atoms with E-state index in [2.05, 4.69) is 5.32 Å². The first kappa shape index (κ1) is 14.5. The first-order valence-corrected chi connectivity index (χ1v) is 6.78. The predicted octanol–water partition coefficient (Wildman–Crippen LogP) is 2.99. The molecule has 1 aromatic heterocycles. The highest BCUT2D eigenvalue weighted by Crippen LogP contribution is 2.18. The van der Waals surface area contributed by atoms with Crippen LogP contribution in [0.1, 0.15) is 15.2 Å². The molecule has 0 aliphatic heterocycles. The number of carbonyl (C=O) groups excluding carboxylic acids is 1. The van der Waals surface area contributed by atoms with Gasteiger partial charge in [-0.25, -0.2) is 4.79 Å². The molecule has 0 aliphatic rings. The average Bonchev–Trinajstić information content (AvgIpc) is 2.98. The summed E-state index contributed by atoms with van der Waals surface area (Å²) in [5.74, 6) is -1.79. The van der Waals surface area contributed by atoms with Gasteiger partial charge in [0.05, 0.1) is 11.3 Å². The smallest absolute Gasteiger partial charge is 0.337 e. The minimum atomic E-state index is -1.15. The average molecular weight is 298 g/mol. The molecule has 0 radical (unpaired) electrons. The summed E-state index contributed by atoms with van der Waals surface area (Å²) in [6, 6.07) is 11.4. The Balaban J connectivity index is 2.25. The van der Waals surface area contributed by atoms with Crippen LogP contribution in [0.4, 0.5) is 5.69 Å². The van der Waals surface area contributed by atoms with Crippen molar-refractivity contribution in [1.29, 1.82) is 5.26 Å². The van der Waals surface area contributed by atoms with Gasteiger partial charge in [-0.1, -0.05) is 18.2 Å². The lowest BCUT2D eigenvalue weighted by molar-refractivity contribution is -0.112. The van der Waals surface area contributed by atoms with Gasteiger partial charge in [0.1, 0.15) is 11.6 Å². The van der Waals surface area contributed by atoms with Gasteiger partial charge >= 0.3 is 5.97 Å². The van der Waals surface area contributed by atoms with Crippen molar-refractivity contribution in [3.63, 3.8) is 0 Å². The van der Waals surface area contributed by atoms with Crippen molar-refractivity contribution >= 4 is 35.0 Å². The van der Waals surface area contributed by atoms with Crippen LogP contribution >= 0.6 is 11.3 Å². The van der Waals surface area contributed by atoms with Crippen LogP contribution in [-0.4, -0.2) is 17.0 Å². The first-order chi connectivity index (χ1) is 10.1. The van der Waals surface area contributed by atoms with Crippen LogP contribution in [0.25, 0.3) is 6.08 Å². The van der Waals surface area contributed by atoms with Crippen LogP contribution in [0, 0.1) is 11.3 Å². The Hall–Kier alpha value is -2.91. The summed E-state index contributed by atoms with van der Waals surface area (Å²) in [5.41, 5.74) is 0.0410. The fourth-order valence-corrected chi connectivity index (χ4v) is 2.29. The maximum atomic E-state index is 12.1. The summed E-state index contributed by atoms with van der Waals surface area (Å²) >= 11 is 1.40. The van der Waals surface area contributed by atoms with E-state index in [0.29, 0.717) is 0 Å². The molecule has 0 unspecified atom stereocenters. The molecule has 0 bridgehead atoms. The predicted molar refractivity (Wildman–Crippen MR) is 79.9 cm³/mol. The van der Waals surface area contributed by atoms with E-state index in [1.54, 1.807) is 18.2 Å². The van der Waals surface area contributed by atoms with E-state index in [0.717, 1.165) is 4.88 Å². The minimum Gasteiger partial charge on any atom is -0.478 e. The molecule has 6 heteroatoms. The molecule has 0 spiro atoms. The van der Waals surface area contributed by atoms with Crippen molar-refractivity contribution in [3.8, 4) is 6.07 Å². The molecule has 2 N–H and O–H groups in total. The summed E-state index contributed by atoms with van der Waals surface area (Å²) < 4.78 is 0. The fraction of sp³-hybridized carbons (Fsp3) is 0. The molecule has 2 rings (SSSR count). The van der Waals surface area contributed by atoms with E-state index in [-0.39, 0.29) is 16.8 Å². The van der Waals surface area contributed by atoms with Gasteiger partial charge in [0.2, 0.25) is 0 Å². The Kier molecular flexibility index (Phi) is 4.49. The summed E-state index contributed by atoms with van der Waals surface area (Å²) in [6.07, 6.45) is 1.46. The molecule has 0 saturated heterocycles. The van der Waals surface area contributed by atoms with Gasteiger partial charge in [0.15, 0.2) is 0 Å². The van der Waals surface area contributed by atoms with Crippen LogP contribution in [-0.2, 0) is 4.79 Å². The van der Waals surface area contributed by atoms with Crippen LogP contribution in [0.5, 0.6) is 0 Å². The molecule has 0 aliphatic carbocycles. The number of aromatic carboxylic acids is 1. The Morgan fingerprint density at radius 1 is 1.24 bits per heavy atom. The topological polar surface area (TPSA) is 90.2 Å². The Morgan fingerprint density at radius 2 is 2.00 bits per heavy atom. The number of amides is 1. The lowest BCUT2D eigenvalue weighted by Gasteiger charge is -2.07. The molecule has 21 heavy (non-hydrogen) atoms. The second-order valence-electron chi connectivity index (χ2n) is 3.99. The number of carboxylic acid groups (broad SMARTS) is 1. The highest BCUT2D eigenvalue weighted by atomic mass is 32.1. The zero-order valence-electron chi connectivity index (χ0n) is 10.7. The molecular formula is C15H10N2O3S. The van der Waals surface area contributed by atoms with Crippen molar-refractivity contribution in [1.82, 2.24) is 0 Å². The summed E-state index contributed by atoms with van der Waals surface area (Å²) in [7, 11) is 0. The lowest BCUT2D eigenvalue weighted by atomic mass is 10.1. The van der Waals surface area contributed by atoms with Crippen LogP contribution < -0.4 is 5.32 Å². The zero-order chi connectivity index (χ0) is 15.2. The quantitative estimate of drug-likeness (QED) is 0.670. The van der Waals surface area contributed by atoms with E-state index < -0.39 is 11.9 Å². The van der Waals surface area contributed by atoms with E-state index in [9.17, 15) is 9.59 Å². The van der Waals surface area contributed by atoms with Gasteiger partial charge in [-0.05, 0) is 29.7 Å². The number of carbonyl (C=O) groups is 2. The summed E-state index contributed by atoms with van der Waals surface area (Å²) in [6.45, 7) is 0. The maximum Gasteiger partial charge on any atom is 0.337 e. The molecule has 0 fully saturated rings. The van der Waals surface area contributed by atoms with Crippen LogP contribution in [0.15, 0.2) is 47.4 Å². The van der Waals surface area contributed by atoms with Crippen LogP contribution in [0.2, 0.25) is 0 Å². The zero-order valence-corrected chi connectivity index (χ0v) is 11.6. The molecule has 0 atom stereocenters. The Labute approximate surface area is 124 Å². The third-order valence-electron chi connectivity index (χ3n) is 2.60. The Bertz CT molecular complexity index is 743. The van der Waals surface area contributed by atoms with Crippen molar-refractivity contribution < 1.29 is 14.7 Å². The fourth-order valence-electron chi connectivity index (χ4n) is 1.63. The number of nitrogens with zero attached hydrogens (tertiary/aromatic N) is 1. The van der Waals surface area contributed by atoms with Crippen molar-refractivity contribution in [3.05, 3.63) is 57.8 Å². The van der Waals surface area contributed by atoms with Crippen molar-refractivity contribution in [2.45, 2.75) is 0 Å². The maximum absolute atomic E-state index is 12.1. The minimum absolute atomic E-state index is 0.0285. The number of hydrogen-bond acceptors (Lipinski definition) is 4. The summed E-state index contributed by atoms with van der Waals surface area (Å²) in [4.78, 5) is 23.9. The van der Waals surface area contributed by atoms with Gasteiger partial charge in [-0.3, -0.25) is 4.79 Å². The first-order valence-electron chi connectivity index (χ1n) is 5.91. The normalized spacial score (nSPS) is 10.7. The van der Waals surface area contributed by atoms with E-state index in [1.165, 1.54) is 29.5 Å². The van der Waals surface area contributed by atoms with Gasteiger partial charge in [-0.15, -0.1) is 11.3 Å². The second-order valence-corrected chi connectivity index (χ2v) is 4.97. The highest BCUT2D eigenvalue weighted by Gasteiger charge is 2.14. The van der Waals surface area contributed by atoms with E-state index >= 15 is 0 Å². The second kappa shape index (κ2) is 6.50. The number of benzene rings is 1. The summed E-state index contributed by atoms with van der Waals surface area (Å²) in [5, 5.41) is 22.4. The van der Waals surface area contributed by atoms with Gasteiger partial charge < -0.3 is 10.4 Å². The number of anilines is 1. The molecule has 1 amide bonds. The number of rotatable bonds is 4. The third kappa shape index (κ3) is 3.55. The number of nitrogens with one attached hydrogen (secondary N) is 1. The standard InChI is InChI=1S/C15H10N2O3S/c16-9-10(8-11-4-3-7-21-11)14(18)17-13-6-2-1-5-12(13)15(19)20/h1-8H,(H,17,18)(H,19,20). The molecular weight excluding hydrogens is 288 g/mol. The lowest BCUT2D eigenvalue weighted by Crippen LogP contribution is -2.15. The Morgan fingerprint density at radius 3 is 2.62 bits per heavy atom. The number of para-hydroxylation sites is 1. The number of nitriles is 1. The largest absolute Gasteiger partial charge is 0.478 e. The molecule has 1 aromatic carbocycles. The number of thiophene rings is 1. The number of hydrogen-bond donors (Lipinski definition) is 2. The van der Waals surface area contributed by atoms with Crippen molar-refractivity contribution in [2.75, 3.05) is 5.32 Å². The molecule has 5 nitrogen and oxygen atoms in total. The van der Waals surface area contributed by atoms with Gasteiger partial charge in [-0.2, -0.15) is 5.26 Å². The van der Waals surface area contributed by atoms with Crippen LogP contribution in [0.3, 0.4) is 0 Å². The van der Waals surface area contributed by atoms with E-state index in [1.807, 2.05) is 17.5 Å². The molecule has 0 saturated carbocycles. The monoisotopic (exact) mass is 298 g/mol. The van der Waals surface area contributed by atoms with Gasteiger partial charge in [0, 0.05) is 4.88 Å². The van der Waals surface area contributed by atoms with Gasteiger partial charge in [0.25, 0.3) is 5.91 Å².